The molecule has 0 aliphatic carbocycles. The van der Waals surface area contributed by atoms with Crippen molar-refractivity contribution in [3.63, 3.8) is 0 Å². The highest BCUT2D eigenvalue weighted by molar-refractivity contribution is 5.74. The molecule has 21 heavy (non-hydrogen) atoms. The lowest BCUT2D eigenvalue weighted by molar-refractivity contribution is 0.228. The summed E-state index contributed by atoms with van der Waals surface area (Å²) in [6.07, 6.45) is 1.89. The van der Waals surface area contributed by atoms with E-state index in [-0.39, 0.29) is 24.4 Å². The van der Waals surface area contributed by atoms with Gasteiger partial charge in [0.2, 0.25) is 0 Å². The van der Waals surface area contributed by atoms with Crippen LogP contribution in [-0.2, 0) is 6.42 Å². The fraction of sp³-hybridized carbons (Fsp3) is 0.533. The fourth-order valence-corrected chi connectivity index (χ4v) is 1.95. The first-order valence-corrected chi connectivity index (χ1v) is 7.08. The Kier molecular flexibility index (Phi) is 7.53. The van der Waals surface area contributed by atoms with E-state index in [1.54, 1.807) is 12.1 Å². The molecule has 1 rings (SSSR count). The van der Waals surface area contributed by atoms with Crippen LogP contribution in [0.2, 0.25) is 0 Å². The lowest BCUT2D eigenvalue weighted by Crippen LogP contribution is -2.42. The molecule has 1 atom stereocenters. The molecule has 1 unspecified atom stereocenters. The number of carbonyl (C=O) groups is 1. The van der Waals surface area contributed by atoms with Gasteiger partial charge in [0, 0.05) is 19.2 Å². The molecule has 0 saturated heterocycles. The van der Waals surface area contributed by atoms with Crippen LogP contribution in [-0.4, -0.2) is 37.4 Å². The molecule has 0 aliphatic rings. The highest BCUT2D eigenvalue weighted by Gasteiger charge is 2.09. The maximum atomic E-state index is 13.3. The number of hydrogen-bond acceptors (Lipinski definition) is 3. The third-order valence-corrected chi connectivity index (χ3v) is 3.22. The molecule has 0 heterocycles. The molecule has 0 aliphatic heterocycles. The van der Waals surface area contributed by atoms with Crippen LogP contribution in [0.1, 0.15) is 25.3 Å². The van der Waals surface area contributed by atoms with Crippen LogP contribution in [0, 0.1) is 5.82 Å². The zero-order valence-corrected chi connectivity index (χ0v) is 12.5. The summed E-state index contributed by atoms with van der Waals surface area (Å²) in [5.41, 5.74) is 0.885. The minimum Gasteiger partial charge on any atom is -0.494 e. The van der Waals surface area contributed by atoms with E-state index in [0.29, 0.717) is 19.4 Å². The van der Waals surface area contributed by atoms with Gasteiger partial charge in [-0.25, -0.2) is 9.18 Å². The van der Waals surface area contributed by atoms with E-state index in [1.807, 2.05) is 6.92 Å². The molecule has 1 aromatic carbocycles. The van der Waals surface area contributed by atoms with Crippen molar-refractivity contribution >= 4 is 6.03 Å². The van der Waals surface area contributed by atoms with Crippen molar-refractivity contribution in [3.05, 3.63) is 29.6 Å². The zero-order chi connectivity index (χ0) is 15.7. The van der Waals surface area contributed by atoms with E-state index in [4.69, 9.17) is 9.84 Å². The third kappa shape index (κ3) is 5.99. The number of amides is 2. The molecule has 6 heteroatoms. The van der Waals surface area contributed by atoms with Crippen molar-refractivity contribution in [2.75, 3.05) is 20.3 Å². The van der Waals surface area contributed by atoms with E-state index in [2.05, 4.69) is 10.6 Å². The Bertz CT molecular complexity index is 455. The Balaban J connectivity index is 2.37. The number of benzene rings is 1. The minimum absolute atomic E-state index is 0.0269. The van der Waals surface area contributed by atoms with Crippen LogP contribution in [0.15, 0.2) is 18.2 Å². The standard InChI is InChI=1S/C15H23FN2O3/c1-3-12(7-9-19)18-15(20)17-8-6-11-4-5-13(16)14(10-11)21-2/h4-5,10,12,19H,3,6-9H2,1-2H3,(H2,17,18,20). The fourth-order valence-electron chi connectivity index (χ4n) is 1.95. The Labute approximate surface area is 124 Å². The predicted molar refractivity (Wildman–Crippen MR) is 79.0 cm³/mol. The Hall–Kier alpha value is -1.82. The number of nitrogens with one attached hydrogen (secondary N) is 2. The molecule has 3 N–H and O–H groups in total. The van der Waals surface area contributed by atoms with Crippen molar-refractivity contribution in [1.82, 2.24) is 10.6 Å². The average Bonchev–Trinajstić information content (AvgIpc) is 2.48. The van der Waals surface area contributed by atoms with Crippen molar-refractivity contribution in [3.8, 4) is 5.75 Å². The number of carbonyl (C=O) groups excluding carboxylic acids is 1. The first-order valence-electron chi connectivity index (χ1n) is 7.08. The van der Waals surface area contributed by atoms with Gasteiger partial charge in [-0.15, -0.1) is 0 Å². The highest BCUT2D eigenvalue weighted by Crippen LogP contribution is 2.18. The van der Waals surface area contributed by atoms with Gasteiger partial charge in [-0.3, -0.25) is 0 Å². The van der Waals surface area contributed by atoms with Crippen LogP contribution in [0.4, 0.5) is 9.18 Å². The van der Waals surface area contributed by atoms with Gasteiger partial charge in [-0.05, 0) is 37.0 Å². The number of rotatable bonds is 8. The number of urea groups is 1. The smallest absolute Gasteiger partial charge is 0.315 e. The number of halogens is 1. The first-order chi connectivity index (χ1) is 10.1. The Morgan fingerprint density at radius 3 is 2.86 bits per heavy atom. The number of aliphatic hydroxyl groups excluding tert-OH is 1. The largest absolute Gasteiger partial charge is 0.494 e. The predicted octanol–water partition coefficient (Wildman–Crippen LogP) is 1.84. The molecule has 1 aromatic rings. The summed E-state index contributed by atoms with van der Waals surface area (Å²) in [5.74, 6) is -0.201. The molecular weight excluding hydrogens is 275 g/mol. The maximum absolute atomic E-state index is 13.3. The molecule has 0 fully saturated rings. The molecule has 0 aromatic heterocycles. The zero-order valence-electron chi connectivity index (χ0n) is 12.5. The van der Waals surface area contributed by atoms with Gasteiger partial charge in [-0.2, -0.15) is 0 Å². The van der Waals surface area contributed by atoms with E-state index in [1.165, 1.54) is 13.2 Å². The maximum Gasteiger partial charge on any atom is 0.315 e. The molecule has 0 bridgehead atoms. The molecule has 0 saturated carbocycles. The molecular formula is C15H23FN2O3. The second-order valence-electron chi connectivity index (χ2n) is 4.74. The van der Waals surface area contributed by atoms with Crippen LogP contribution < -0.4 is 15.4 Å². The lowest BCUT2D eigenvalue weighted by atomic mass is 10.1. The van der Waals surface area contributed by atoms with Crippen molar-refractivity contribution in [2.45, 2.75) is 32.2 Å². The topological polar surface area (TPSA) is 70.6 Å². The highest BCUT2D eigenvalue weighted by atomic mass is 19.1. The van der Waals surface area contributed by atoms with Crippen LogP contribution in [0.3, 0.4) is 0 Å². The molecule has 5 nitrogen and oxygen atoms in total. The van der Waals surface area contributed by atoms with Gasteiger partial charge in [0.1, 0.15) is 0 Å². The number of ether oxygens (including phenoxy) is 1. The van der Waals surface area contributed by atoms with Gasteiger partial charge in [0.25, 0.3) is 0 Å². The summed E-state index contributed by atoms with van der Waals surface area (Å²) in [5, 5.41) is 14.4. The minimum atomic E-state index is -0.401. The first kappa shape index (κ1) is 17.2. The van der Waals surface area contributed by atoms with Gasteiger partial charge in [0.15, 0.2) is 11.6 Å². The van der Waals surface area contributed by atoms with E-state index in [0.717, 1.165) is 12.0 Å². The summed E-state index contributed by atoms with van der Waals surface area (Å²) in [6, 6.07) is 4.35. The van der Waals surface area contributed by atoms with Crippen LogP contribution >= 0.6 is 0 Å². The van der Waals surface area contributed by atoms with E-state index >= 15 is 0 Å². The monoisotopic (exact) mass is 298 g/mol. The summed E-state index contributed by atoms with van der Waals surface area (Å²) < 4.78 is 18.2. The summed E-state index contributed by atoms with van der Waals surface area (Å²) >= 11 is 0. The number of methoxy groups -OCH3 is 1. The van der Waals surface area contributed by atoms with Crippen LogP contribution in [0.5, 0.6) is 5.75 Å². The third-order valence-electron chi connectivity index (χ3n) is 3.22. The number of hydrogen-bond donors (Lipinski definition) is 3. The molecule has 2 amide bonds. The van der Waals surface area contributed by atoms with Crippen molar-refractivity contribution < 1.29 is 19.0 Å². The summed E-state index contributed by atoms with van der Waals surface area (Å²) in [4.78, 5) is 11.7. The Morgan fingerprint density at radius 2 is 2.24 bits per heavy atom. The van der Waals surface area contributed by atoms with E-state index < -0.39 is 5.82 Å². The van der Waals surface area contributed by atoms with Crippen molar-refractivity contribution in [2.24, 2.45) is 0 Å². The second-order valence-corrected chi connectivity index (χ2v) is 4.74. The van der Waals surface area contributed by atoms with Crippen molar-refractivity contribution in [1.29, 1.82) is 0 Å². The summed E-state index contributed by atoms with van der Waals surface area (Å²) in [6.45, 7) is 2.44. The molecule has 118 valence electrons. The summed E-state index contributed by atoms with van der Waals surface area (Å²) in [7, 11) is 1.42. The average molecular weight is 298 g/mol. The SMILES string of the molecule is CCC(CCO)NC(=O)NCCc1ccc(F)c(OC)c1. The van der Waals surface area contributed by atoms with Gasteiger partial charge in [-0.1, -0.05) is 13.0 Å². The Morgan fingerprint density at radius 1 is 1.48 bits per heavy atom. The second kappa shape index (κ2) is 9.18. The normalized spacial score (nSPS) is 11.8. The molecule has 0 spiro atoms. The van der Waals surface area contributed by atoms with Crippen LogP contribution in [0.25, 0.3) is 0 Å². The number of aliphatic hydroxyl groups is 1. The lowest BCUT2D eigenvalue weighted by Gasteiger charge is -2.16. The van der Waals surface area contributed by atoms with E-state index in [9.17, 15) is 9.18 Å². The van der Waals surface area contributed by atoms with Gasteiger partial charge in [0.05, 0.1) is 7.11 Å². The van der Waals surface area contributed by atoms with Gasteiger partial charge >= 0.3 is 6.03 Å². The van der Waals surface area contributed by atoms with Gasteiger partial charge < -0.3 is 20.5 Å². The quantitative estimate of drug-likeness (QED) is 0.686. The molecule has 0 radical (unpaired) electrons.